The highest BCUT2D eigenvalue weighted by atomic mass is 16.6. The molecule has 10 heteroatoms. The summed E-state index contributed by atoms with van der Waals surface area (Å²) in [5.41, 5.74) is 1.88. The predicted molar refractivity (Wildman–Crippen MR) is 183 cm³/mol. The van der Waals surface area contributed by atoms with E-state index in [-0.39, 0.29) is 43.0 Å². The smallest absolute Gasteiger partial charge is 0.414 e. The van der Waals surface area contributed by atoms with E-state index in [1.165, 1.54) is 17.2 Å². The van der Waals surface area contributed by atoms with Crippen LogP contribution in [0.2, 0.25) is 0 Å². The molecule has 3 heterocycles. The minimum absolute atomic E-state index is 0.0176. The monoisotopic (exact) mass is 653 g/mol. The van der Waals surface area contributed by atoms with E-state index < -0.39 is 6.09 Å². The van der Waals surface area contributed by atoms with Crippen LogP contribution in [-0.2, 0) is 32.3 Å². The second-order valence-corrected chi connectivity index (χ2v) is 10.9. The summed E-state index contributed by atoms with van der Waals surface area (Å²) in [5.74, 6) is 1.06. The largest absolute Gasteiger partial charge is 0.497 e. The van der Waals surface area contributed by atoms with E-state index in [0.717, 1.165) is 16.9 Å². The fourth-order valence-corrected chi connectivity index (χ4v) is 4.90. The molecule has 48 heavy (non-hydrogen) atoms. The average Bonchev–Trinajstić information content (AvgIpc) is 3.12. The Hall–Kier alpha value is -5.51. The summed E-state index contributed by atoms with van der Waals surface area (Å²) in [5, 5.41) is 0. The maximum absolute atomic E-state index is 12.1. The van der Waals surface area contributed by atoms with Crippen LogP contribution in [0.5, 0.6) is 5.75 Å². The lowest BCUT2D eigenvalue weighted by molar-refractivity contribution is -0.122. The number of aromatic nitrogens is 1. The van der Waals surface area contributed by atoms with E-state index >= 15 is 0 Å². The van der Waals surface area contributed by atoms with Crippen molar-refractivity contribution in [2.24, 2.45) is 0 Å². The van der Waals surface area contributed by atoms with Crippen LogP contribution in [0.4, 0.5) is 9.59 Å². The molecule has 0 saturated carbocycles. The lowest BCUT2D eigenvalue weighted by Gasteiger charge is -2.33. The average molecular weight is 654 g/mol. The van der Waals surface area contributed by atoms with Gasteiger partial charge in [0.25, 0.3) is 0 Å². The number of nitrogens with zero attached hydrogens (tertiary/aromatic N) is 3. The first-order valence-electron chi connectivity index (χ1n) is 15.7. The number of carbonyl (C=O) groups excluding carboxylic acids is 4. The van der Waals surface area contributed by atoms with Crippen LogP contribution < -0.4 is 4.74 Å². The molecule has 0 radical (unpaired) electrons. The summed E-state index contributed by atoms with van der Waals surface area (Å²) in [6, 6.07) is 22.3. The Labute approximate surface area is 282 Å². The highest BCUT2D eigenvalue weighted by Gasteiger charge is 2.31. The molecular weight excluding hydrogens is 610 g/mol. The zero-order valence-corrected chi connectivity index (χ0v) is 27.3. The van der Waals surface area contributed by atoms with Crippen molar-refractivity contribution in [3.63, 3.8) is 0 Å². The molecule has 0 unspecified atom stereocenters. The first-order valence-corrected chi connectivity index (χ1v) is 15.7. The second-order valence-electron chi connectivity index (χ2n) is 10.9. The van der Waals surface area contributed by atoms with Gasteiger partial charge < -0.3 is 19.1 Å². The van der Waals surface area contributed by atoms with Crippen LogP contribution in [-0.4, -0.2) is 64.3 Å². The second kappa shape index (κ2) is 20.6. The van der Waals surface area contributed by atoms with E-state index in [1.54, 1.807) is 48.7 Å². The number of likely N-dealkylation sites (tertiary alicyclic amines) is 1. The number of methoxy groups -OCH3 is 1. The number of amides is 2. The summed E-state index contributed by atoms with van der Waals surface area (Å²) in [7, 11) is 1.63. The first-order chi connectivity index (χ1) is 23.3. The van der Waals surface area contributed by atoms with Gasteiger partial charge in [0.15, 0.2) is 5.78 Å². The standard InChI is InChI=1S/C16H19NO3.C16H17NO3.C6H7NO/c2*1-2-6-14-11-15(18)9-10-17(14)16(19)20-12-13-7-4-3-5-8-13;1-8-6-2-4-7-5-3-6/h2-5,7-8,14H,1,6,9-12H2;2-5,7-10,14H,1,6,11-12H2;2-5H,1H3/t2*14-;/m00./s1. The third-order valence-electron chi connectivity index (χ3n) is 7.41. The summed E-state index contributed by atoms with van der Waals surface area (Å²) in [6.07, 6.45) is 11.2. The van der Waals surface area contributed by atoms with Gasteiger partial charge in [0.2, 0.25) is 0 Å². The molecule has 10 nitrogen and oxygen atoms in total. The Morgan fingerprint density at radius 1 is 0.812 bits per heavy atom. The van der Waals surface area contributed by atoms with Gasteiger partial charge in [-0.1, -0.05) is 72.8 Å². The summed E-state index contributed by atoms with van der Waals surface area (Å²) >= 11 is 0. The number of piperidine rings is 1. The van der Waals surface area contributed by atoms with E-state index in [9.17, 15) is 19.2 Å². The lowest BCUT2D eigenvalue weighted by Crippen LogP contribution is -2.46. The number of carbonyl (C=O) groups is 4. The molecule has 2 amide bonds. The first kappa shape index (κ1) is 37.0. The Bertz CT molecular complexity index is 1500. The third kappa shape index (κ3) is 12.7. The van der Waals surface area contributed by atoms with Crippen LogP contribution in [0.1, 0.15) is 43.2 Å². The van der Waals surface area contributed by atoms with Gasteiger partial charge in [0.1, 0.15) is 24.7 Å². The van der Waals surface area contributed by atoms with Gasteiger partial charge in [0, 0.05) is 50.4 Å². The molecule has 2 aliphatic rings. The van der Waals surface area contributed by atoms with Crippen molar-refractivity contribution >= 4 is 23.8 Å². The Balaban J connectivity index is 0.000000212. The molecule has 2 aromatic carbocycles. The molecule has 1 aromatic heterocycles. The Morgan fingerprint density at radius 3 is 1.92 bits per heavy atom. The molecule has 2 atom stereocenters. The zero-order valence-electron chi connectivity index (χ0n) is 27.3. The molecule has 2 aliphatic heterocycles. The van der Waals surface area contributed by atoms with Crippen LogP contribution in [0.25, 0.3) is 0 Å². The molecule has 1 fully saturated rings. The van der Waals surface area contributed by atoms with Crippen LogP contribution in [0.15, 0.2) is 123 Å². The number of ether oxygens (including phenoxy) is 3. The summed E-state index contributed by atoms with van der Waals surface area (Å²) < 4.78 is 15.5. The van der Waals surface area contributed by atoms with Gasteiger partial charge in [-0.25, -0.2) is 9.59 Å². The van der Waals surface area contributed by atoms with Crippen molar-refractivity contribution in [2.75, 3.05) is 13.7 Å². The van der Waals surface area contributed by atoms with Gasteiger partial charge in [-0.05, 0) is 42.2 Å². The third-order valence-corrected chi connectivity index (χ3v) is 7.41. The molecule has 252 valence electrons. The number of hydrogen-bond donors (Lipinski definition) is 0. The van der Waals surface area contributed by atoms with Gasteiger partial charge in [0.05, 0.1) is 13.2 Å². The number of hydrogen-bond acceptors (Lipinski definition) is 8. The number of pyridine rings is 1. The molecular formula is C38H43N3O7. The Kier molecular flexibility index (Phi) is 15.8. The fourth-order valence-electron chi connectivity index (χ4n) is 4.90. The van der Waals surface area contributed by atoms with Crippen LogP contribution in [0, 0.1) is 0 Å². The van der Waals surface area contributed by atoms with Crippen molar-refractivity contribution in [3.8, 4) is 5.75 Å². The molecule has 5 rings (SSSR count). The lowest BCUT2D eigenvalue weighted by atomic mass is 9.99. The normalized spacial score (nSPS) is 16.7. The molecule has 3 aromatic rings. The maximum atomic E-state index is 12.1. The van der Waals surface area contributed by atoms with Gasteiger partial charge >= 0.3 is 12.2 Å². The topological polar surface area (TPSA) is 115 Å². The van der Waals surface area contributed by atoms with E-state index in [1.807, 2.05) is 60.7 Å². The highest BCUT2D eigenvalue weighted by Crippen LogP contribution is 2.20. The van der Waals surface area contributed by atoms with E-state index in [2.05, 4.69) is 18.1 Å². The summed E-state index contributed by atoms with van der Waals surface area (Å²) in [6.45, 7) is 8.24. The quantitative estimate of drug-likeness (QED) is 0.225. The van der Waals surface area contributed by atoms with E-state index in [4.69, 9.17) is 14.2 Å². The van der Waals surface area contributed by atoms with Crippen LogP contribution >= 0.6 is 0 Å². The molecule has 0 spiro atoms. The van der Waals surface area contributed by atoms with Crippen molar-refractivity contribution in [1.29, 1.82) is 0 Å². The van der Waals surface area contributed by atoms with Crippen molar-refractivity contribution < 1.29 is 33.4 Å². The predicted octanol–water partition coefficient (Wildman–Crippen LogP) is 7.08. The van der Waals surface area contributed by atoms with Gasteiger partial charge in [-0.3, -0.25) is 19.5 Å². The number of ketones is 2. The maximum Gasteiger partial charge on any atom is 0.414 e. The van der Waals surface area contributed by atoms with E-state index in [0.29, 0.717) is 38.6 Å². The minimum atomic E-state index is -0.440. The highest BCUT2D eigenvalue weighted by molar-refractivity contribution is 5.92. The molecule has 0 N–H and O–H groups in total. The van der Waals surface area contributed by atoms with Crippen LogP contribution in [0.3, 0.4) is 0 Å². The van der Waals surface area contributed by atoms with Crippen molar-refractivity contribution in [2.45, 2.75) is 57.4 Å². The number of benzene rings is 2. The minimum Gasteiger partial charge on any atom is -0.497 e. The number of allylic oxidation sites excluding steroid dienone is 1. The molecule has 0 bridgehead atoms. The van der Waals surface area contributed by atoms with Crippen molar-refractivity contribution in [1.82, 2.24) is 14.8 Å². The molecule has 0 aliphatic carbocycles. The fraction of sp³-hybridized carbons (Fsp3) is 0.289. The van der Waals surface area contributed by atoms with Gasteiger partial charge in [-0.15, -0.1) is 13.2 Å². The SMILES string of the molecule is C=CC[C@H]1CC(=O)C=CN1C(=O)OCc1ccccc1.C=CC[C@H]1CC(=O)CCN1C(=O)OCc1ccccc1.COc1ccncc1. The number of rotatable bonds is 9. The van der Waals surface area contributed by atoms with Gasteiger partial charge in [-0.2, -0.15) is 0 Å². The number of Topliss-reactive ketones (excluding diaryl/α,β-unsaturated/α-hetero) is 1. The zero-order chi connectivity index (χ0) is 34.6. The molecule has 1 saturated heterocycles. The Morgan fingerprint density at radius 2 is 1.38 bits per heavy atom. The van der Waals surface area contributed by atoms with Crippen molar-refractivity contribution in [3.05, 3.63) is 134 Å². The summed E-state index contributed by atoms with van der Waals surface area (Å²) in [4.78, 5) is 54.0.